The van der Waals surface area contributed by atoms with E-state index < -0.39 is 0 Å². The summed E-state index contributed by atoms with van der Waals surface area (Å²) in [6.45, 7) is 6.66. The van der Waals surface area contributed by atoms with Gasteiger partial charge >= 0.3 is 0 Å². The average Bonchev–Trinajstić information content (AvgIpc) is 2.62. The first-order valence-electron chi connectivity index (χ1n) is 7.88. The van der Waals surface area contributed by atoms with Crippen molar-refractivity contribution in [3.8, 4) is 5.75 Å². The Labute approximate surface area is 161 Å². The third-order valence-corrected chi connectivity index (χ3v) is 5.35. The Morgan fingerprint density at radius 1 is 1.12 bits per heavy atom. The topological polar surface area (TPSA) is 24.8 Å². The highest BCUT2D eigenvalue weighted by Crippen LogP contribution is 2.37. The molecule has 0 N–H and O–H groups in total. The lowest BCUT2D eigenvalue weighted by molar-refractivity contribution is 0.414. The van der Waals surface area contributed by atoms with E-state index in [-0.39, 0.29) is 0 Å². The summed E-state index contributed by atoms with van der Waals surface area (Å²) >= 11 is 5.17. The third kappa shape index (κ3) is 3.99. The van der Waals surface area contributed by atoms with Gasteiger partial charge in [-0.2, -0.15) is 5.10 Å². The van der Waals surface area contributed by atoms with Crippen molar-refractivity contribution >= 4 is 38.4 Å². The first kappa shape index (κ1) is 17.8. The number of thioether (sulfide) groups is 1. The van der Waals surface area contributed by atoms with E-state index in [4.69, 9.17) is 9.84 Å². The van der Waals surface area contributed by atoms with Crippen LogP contribution in [0.5, 0.6) is 5.75 Å². The molecule has 0 unspecified atom stereocenters. The Kier molecular flexibility index (Phi) is 5.66. The van der Waals surface area contributed by atoms with Gasteiger partial charge in [0.15, 0.2) is 0 Å². The zero-order valence-corrected chi connectivity index (χ0v) is 16.6. The van der Waals surface area contributed by atoms with Crippen molar-refractivity contribution in [3.05, 3.63) is 81.7 Å². The quantitative estimate of drug-likeness (QED) is 0.582. The van der Waals surface area contributed by atoms with Crippen LogP contribution in [0.1, 0.15) is 18.1 Å². The van der Waals surface area contributed by atoms with Crippen molar-refractivity contribution in [3.63, 3.8) is 0 Å². The van der Waals surface area contributed by atoms with Crippen LogP contribution in [0.2, 0.25) is 0 Å². The molecule has 1 aliphatic heterocycles. The van der Waals surface area contributed by atoms with Gasteiger partial charge in [-0.3, -0.25) is 5.01 Å². The predicted octanol–water partition coefficient (Wildman–Crippen LogP) is 5.74. The maximum atomic E-state index is 5.26. The number of nitrogens with zero attached hydrogens (tertiary/aromatic N) is 2. The zero-order valence-electron chi connectivity index (χ0n) is 14.2. The van der Waals surface area contributed by atoms with Crippen LogP contribution in [0.4, 0.5) is 0 Å². The normalized spacial score (nSPS) is 14.4. The molecular formula is C20H19BrN2OS. The van der Waals surface area contributed by atoms with Crippen molar-refractivity contribution in [1.29, 1.82) is 0 Å². The van der Waals surface area contributed by atoms with Crippen LogP contribution in [0.25, 0.3) is 5.70 Å². The van der Waals surface area contributed by atoms with E-state index >= 15 is 0 Å². The number of ether oxygens (including phenoxy) is 1. The van der Waals surface area contributed by atoms with Gasteiger partial charge < -0.3 is 4.74 Å². The molecule has 0 radical (unpaired) electrons. The van der Waals surface area contributed by atoms with Gasteiger partial charge in [0.25, 0.3) is 0 Å². The monoisotopic (exact) mass is 414 g/mol. The summed E-state index contributed by atoms with van der Waals surface area (Å²) in [5.74, 6) is 0.847. The smallest absolute Gasteiger partial charge is 0.128 e. The van der Waals surface area contributed by atoms with Gasteiger partial charge in [0.1, 0.15) is 10.8 Å². The summed E-state index contributed by atoms with van der Waals surface area (Å²) in [5, 5.41) is 7.86. The molecule has 2 aromatic rings. The summed E-state index contributed by atoms with van der Waals surface area (Å²) in [5.41, 5.74) is 3.33. The van der Waals surface area contributed by atoms with Crippen LogP contribution in [-0.4, -0.2) is 23.7 Å². The largest absolute Gasteiger partial charge is 0.497 e. The minimum absolute atomic E-state index is 0.652. The van der Waals surface area contributed by atoms with Crippen LogP contribution in [0.3, 0.4) is 0 Å². The van der Waals surface area contributed by atoms with E-state index in [1.54, 1.807) is 18.9 Å². The summed E-state index contributed by atoms with van der Waals surface area (Å²) in [6, 6.07) is 16.3. The molecule has 0 aliphatic carbocycles. The molecule has 5 heteroatoms. The third-order valence-electron chi connectivity index (χ3n) is 3.81. The van der Waals surface area contributed by atoms with Gasteiger partial charge in [-0.1, -0.05) is 45.9 Å². The van der Waals surface area contributed by atoms with Gasteiger partial charge in [0, 0.05) is 20.5 Å². The van der Waals surface area contributed by atoms with Crippen LogP contribution >= 0.6 is 27.7 Å². The molecule has 0 saturated heterocycles. The molecule has 128 valence electrons. The summed E-state index contributed by atoms with van der Waals surface area (Å²) in [7, 11) is 1.68. The summed E-state index contributed by atoms with van der Waals surface area (Å²) in [6.07, 6.45) is 1.87. The molecule has 0 bridgehead atoms. The fourth-order valence-electron chi connectivity index (χ4n) is 2.62. The number of allylic oxidation sites excluding steroid dienone is 1. The SMILES string of the molecule is C=CCN1N=C(c2ccc(Br)cc2)SC(C)=C1c1ccc(OC)cc1. The van der Waals surface area contributed by atoms with Gasteiger partial charge in [-0.15, -0.1) is 6.58 Å². The molecule has 2 aromatic carbocycles. The maximum Gasteiger partial charge on any atom is 0.128 e. The Morgan fingerprint density at radius 2 is 1.76 bits per heavy atom. The van der Waals surface area contributed by atoms with E-state index in [9.17, 15) is 0 Å². The molecule has 0 amide bonds. The second kappa shape index (κ2) is 7.93. The molecule has 0 fully saturated rings. The lowest BCUT2D eigenvalue weighted by Gasteiger charge is -2.29. The number of rotatable bonds is 5. The maximum absolute atomic E-state index is 5.26. The average molecular weight is 415 g/mol. The van der Waals surface area contributed by atoms with Gasteiger partial charge in [-0.05, 0) is 43.3 Å². The van der Waals surface area contributed by atoms with Crippen molar-refractivity contribution in [2.45, 2.75) is 6.92 Å². The summed E-state index contributed by atoms with van der Waals surface area (Å²) in [4.78, 5) is 1.21. The Hall–Kier alpha value is -1.98. The standard InChI is InChI=1S/C20H19BrN2OS/c1-4-13-23-19(15-7-11-18(24-3)12-8-15)14(2)25-20(22-23)16-5-9-17(21)10-6-16/h4-12H,1,13H2,2-3H3. The zero-order chi connectivity index (χ0) is 17.8. The predicted molar refractivity (Wildman–Crippen MR) is 111 cm³/mol. The number of methoxy groups -OCH3 is 1. The van der Waals surface area contributed by atoms with Crippen molar-refractivity contribution in [2.75, 3.05) is 13.7 Å². The first-order valence-corrected chi connectivity index (χ1v) is 9.49. The molecule has 1 heterocycles. The second-order valence-electron chi connectivity index (χ2n) is 5.52. The molecule has 3 nitrogen and oxygen atoms in total. The van der Waals surface area contributed by atoms with Gasteiger partial charge in [0.2, 0.25) is 0 Å². The minimum Gasteiger partial charge on any atom is -0.497 e. The fourth-order valence-corrected chi connectivity index (χ4v) is 3.89. The lowest BCUT2D eigenvalue weighted by Crippen LogP contribution is -2.22. The number of hydrazone groups is 1. The van der Waals surface area contributed by atoms with Crippen LogP contribution in [0, 0.1) is 0 Å². The molecule has 0 saturated carbocycles. The van der Waals surface area contributed by atoms with Gasteiger partial charge in [-0.25, -0.2) is 0 Å². The van der Waals surface area contributed by atoms with E-state index in [0.29, 0.717) is 6.54 Å². The van der Waals surface area contributed by atoms with Crippen molar-refractivity contribution in [2.24, 2.45) is 5.10 Å². The Bertz CT molecular complexity index is 826. The molecule has 3 rings (SSSR count). The minimum atomic E-state index is 0.652. The number of halogens is 1. The second-order valence-corrected chi connectivity index (χ2v) is 7.64. The molecular weight excluding hydrogens is 396 g/mol. The van der Waals surface area contributed by atoms with Crippen LogP contribution in [-0.2, 0) is 0 Å². The number of benzene rings is 2. The first-order chi connectivity index (χ1) is 12.1. The van der Waals surface area contributed by atoms with Crippen molar-refractivity contribution < 1.29 is 4.74 Å². The molecule has 0 aromatic heterocycles. The highest BCUT2D eigenvalue weighted by molar-refractivity contribution is 9.10. The number of hydrogen-bond acceptors (Lipinski definition) is 4. The number of hydrogen-bond donors (Lipinski definition) is 0. The van der Waals surface area contributed by atoms with E-state index in [2.05, 4.69) is 53.7 Å². The Morgan fingerprint density at radius 3 is 2.36 bits per heavy atom. The highest BCUT2D eigenvalue weighted by atomic mass is 79.9. The fraction of sp³-hybridized carbons (Fsp3) is 0.150. The summed E-state index contributed by atoms with van der Waals surface area (Å²) < 4.78 is 6.32. The van der Waals surface area contributed by atoms with E-state index in [1.807, 2.05) is 35.4 Å². The lowest BCUT2D eigenvalue weighted by atomic mass is 10.1. The van der Waals surface area contributed by atoms with Crippen molar-refractivity contribution in [1.82, 2.24) is 5.01 Å². The van der Waals surface area contributed by atoms with Gasteiger partial charge in [0.05, 0.1) is 19.4 Å². The molecule has 1 aliphatic rings. The van der Waals surface area contributed by atoms with Crippen LogP contribution < -0.4 is 4.74 Å². The van der Waals surface area contributed by atoms with Crippen LogP contribution in [0.15, 0.2) is 75.7 Å². The molecule has 25 heavy (non-hydrogen) atoms. The van der Waals surface area contributed by atoms with E-state index in [1.165, 1.54) is 4.91 Å². The Balaban J connectivity index is 1.97. The molecule has 0 atom stereocenters. The highest BCUT2D eigenvalue weighted by Gasteiger charge is 2.22. The van der Waals surface area contributed by atoms with E-state index in [0.717, 1.165) is 32.1 Å². The molecule has 0 spiro atoms.